The lowest BCUT2D eigenvalue weighted by molar-refractivity contribution is 0.259. The zero-order valence-corrected chi connectivity index (χ0v) is 11.6. The minimum Gasteiger partial charge on any atom is -0.394 e. The normalized spacial score (nSPS) is 25.0. The Bertz CT molecular complexity index is 405. The van der Waals surface area contributed by atoms with E-state index in [0.29, 0.717) is 5.92 Å². The molecular formula is C15H24N2O. The van der Waals surface area contributed by atoms with Gasteiger partial charge in [0.1, 0.15) is 0 Å². The van der Waals surface area contributed by atoms with Crippen LogP contribution in [0.3, 0.4) is 0 Å². The molecule has 0 bridgehead atoms. The quantitative estimate of drug-likeness (QED) is 0.836. The number of nitrogens with zero attached hydrogens (tertiary/aromatic N) is 1. The van der Waals surface area contributed by atoms with E-state index in [9.17, 15) is 5.11 Å². The molecule has 2 atom stereocenters. The summed E-state index contributed by atoms with van der Waals surface area (Å²) in [5.41, 5.74) is 3.86. The molecule has 3 nitrogen and oxygen atoms in total. The average Bonchev–Trinajstić information content (AvgIpc) is 2.54. The molecule has 0 spiro atoms. The van der Waals surface area contributed by atoms with Gasteiger partial charge in [-0.25, -0.2) is 0 Å². The van der Waals surface area contributed by atoms with E-state index < -0.39 is 0 Å². The van der Waals surface area contributed by atoms with Crippen LogP contribution < -0.4 is 10.2 Å². The molecule has 0 saturated carbocycles. The van der Waals surface area contributed by atoms with Gasteiger partial charge in [0.25, 0.3) is 0 Å². The number of aliphatic hydroxyl groups is 1. The predicted molar refractivity (Wildman–Crippen MR) is 76.2 cm³/mol. The van der Waals surface area contributed by atoms with Gasteiger partial charge in [0.15, 0.2) is 0 Å². The molecule has 2 unspecified atom stereocenters. The Morgan fingerprint density at radius 1 is 1.28 bits per heavy atom. The molecule has 1 aromatic rings. The van der Waals surface area contributed by atoms with Crippen molar-refractivity contribution in [2.24, 2.45) is 5.92 Å². The smallest absolute Gasteiger partial charge is 0.0647 e. The average molecular weight is 248 g/mol. The summed E-state index contributed by atoms with van der Waals surface area (Å²) in [5, 5.41) is 13.0. The van der Waals surface area contributed by atoms with Crippen LogP contribution in [0.4, 0.5) is 5.69 Å². The molecule has 1 aromatic carbocycles. The highest BCUT2D eigenvalue weighted by Crippen LogP contribution is 2.23. The number of benzene rings is 1. The first kappa shape index (κ1) is 13.4. The highest BCUT2D eigenvalue weighted by atomic mass is 16.3. The van der Waals surface area contributed by atoms with Crippen LogP contribution >= 0.6 is 0 Å². The van der Waals surface area contributed by atoms with Gasteiger partial charge in [0, 0.05) is 18.8 Å². The van der Waals surface area contributed by atoms with Crippen molar-refractivity contribution in [3.05, 3.63) is 29.3 Å². The Hall–Kier alpha value is -1.06. The zero-order chi connectivity index (χ0) is 13.1. The molecule has 1 heterocycles. The lowest BCUT2D eigenvalue weighted by Crippen LogP contribution is -2.43. The van der Waals surface area contributed by atoms with Gasteiger partial charge in [0.2, 0.25) is 0 Å². The van der Waals surface area contributed by atoms with Gasteiger partial charge < -0.3 is 15.3 Å². The molecule has 18 heavy (non-hydrogen) atoms. The topological polar surface area (TPSA) is 35.5 Å². The molecule has 0 radical (unpaired) electrons. The second-order valence-electron chi connectivity index (χ2n) is 5.52. The molecule has 0 aromatic heterocycles. The third kappa shape index (κ3) is 2.85. The van der Waals surface area contributed by atoms with Crippen molar-refractivity contribution >= 4 is 5.69 Å². The summed E-state index contributed by atoms with van der Waals surface area (Å²) < 4.78 is 0. The van der Waals surface area contributed by atoms with Gasteiger partial charge in [-0.1, -0.05) is 13.0 Å². The minimum absolute atomic E-state index is 0.178. The second-order valence-corrected chi connectivity index (χ2v) is 5.52. The van der Waals surface area contributed by atoms with Crippen molar-refractivity contribution in [3.63, 3.8) is 0 Å². The van der Waals surface area contributed by atoms with Crippen LogP contribution in [-0.2, 0) is 0 Å². The van der Waals surface area contributed by atoms with Gasteiger partial charge in [0.05, 0.1) is 12.6 Å². The number of hydrogen-bond donors (Lipinski definition) is 2. The van der Waals surface area contributed by atoms with Crippen molar-refractivity contribution < 1.29 is 5.11 Å². The van der Waals surface area contributed by atoms with E-state index in [4.69, 9.17) is 0 Å². The summed E-state index contributed by atoms with van der Waals surface area (Å²) in [4.78, 5) is 2.34. The molecule has 100 valence electrons. The number of aliphatic hydroxyl groups excluding tert-OH is 1. The number of nitrogens with one attached hydrogen (secondary N) is 1. The van der Waals surface area contributed by atoms with Crippen molar-refractivity contribution in [2.75, 3.05) is 31.1 Å². The van der Waals surface area contributed by atoms with Gasteiger partial charge in [-0.15, -0.1) is 0 Å². The lowest BCUT2D eigenvalue weighted by Gasteiger charge is -2.32. The van der Waals surface area contributed by atoms with E-state index in [2.05, 4.69) is 49.2 Å². The Kier molecular flexibility index (Phi) is 4.25. The maximum atomic E-state index is 9.58. The number of hydrogen-bond acceptors (Lipinski definition) is 3. The summed E-state index contributed by atoms with van der Waals surface area (Å²) in [6.07, 6.45) is 0. The highest BCUT2D eigenvalue weighted by Gasteiger charge is 2.23. The summed E-state index contributed by atoms with van der Waals surface area (Å²) in [7, 11) is 0. The Morgan fingerprint density at radius 3 is 2.72 bits per heavy atom. The van der Waals surface area contributed by atoms with E-state index in [-0.39, 0.29) is 12.6 Å². The molecule has 3 heteroatoms. The number of aryl methyl sites for hydroxylation is 2. The van der Waals surface area contributed by atoms with Gasteiger partial charge in [-0.2, -0.15) is 0 Å². The van der Waals surface area contributed by atoms with Gasteiger partial charge in [-0.05, 0) is 49.6 Å². The predicted octanol–water partition coefficient (Wildman–Crippen LogP) is 1.71. The summed E-state index contributed by atoms with van der Waals surface area (Å²) in [5.74, 6) is 0.600. The van der Waals surface area contributed by atoms with Crippen LogP contribution in [0.25, 0.3) is 0 Å². The van der Waals surface area contributed by atoms with Crippen LogP contribution in [-0.4, -0.2) is 37.4 Å². The van der Waals surface area contributed by atoms with E-state index in [1.807, 2.05) is 0 Å². The molecule has 1 fully saturated rings. The summed E-state index contributed by atoms with van der Waals surface area (Å²) in [6.45, 7) is 9.61. The van der Waals surface area contributed by atoms with Crippen LogP contribution in [0.15, 0.2) is 18.2 Å². The van der Waals surface area contributed by atoms with E-state index in [1.54, 1.807) is 0 Å². The van der Waals surface area contributed by atoms with Crippen molar-refractivity contribution in [1.29, 1.82) is 0 Å². The van der Waals surface area contributed by atoms with E-state index in [1.165, 1.54) is 16.8 Å². The first-order valence-electron chi connectivity index (χ1n) is 6.77. The third-order valence-electron chi connectivity index (χ3n) is 3.85. The summed E-state index contributed by atoms with van der Waals surface area (Å²) in [6, 6.07) is 6.75. The minimum atomic E-state index is 0.178. The fraction of sp³-hybridized carbons (Fsp3) is 0.600. The fourth-order valence-corrected chi connectivity index (χ4v) is 2.54. The fourth-order valence-electron chi connectivity index (χ4n) is 2.54. The van der Waals surface area contributed by atoms with Gasteiger partial charge in [-0.3, -0.25) is 0 Å². The molecular weight excluding hydrogens is 224 g/mol. The lowest BCUT2D eigenvalue weighted by atomic mass is 10.1. The monoisotopic (exact) mass is 248 g/mol. The third-order valence-corrected chi connectivity index (χ3v) is 3.85. The first-order chi connectivity index (χ1) is 8.61. The molecule has 0 aliphatic carbocycles. The summed E-state index contributed by atoms with van der Waals surface area (Å²) >= 11 is 0. The van der Waals surface area contributed by atoms with E-state index in [0.717, 1.165) is 19.6 Å². The van der Waals surface area contributed by atoms with Crippen LogP contribution in [0, 0.1) is 19.8 Å². The highest BCUT2D eigenvalue weighted by molar-refractivity contribution is 5.51. The van der Waals surface area contributed by atoms with Crippen LogP contribution in [0.5, 0.6) is 0 Å². The molecule has 2 rings (SSSR count). The maximum Gasteiger partial charge on any atom is 0.0647 e. The molecule has 2 N–H and O–H groups in total. The molecule has 1 aliphatic rings. The first-order valence-corrected chi connectivity index (χ1v) is 6.77. The largest absolute Gasteiger partial charge is 0.394 e. The Morgan fingerprint density at radius 2 is 2.06 bits per heavy atom. The Labute approximate surface area is 110 Å². The molecule has 1 saturated heterocycles. The van der Waals surface area contributed by atoms with Crippen LogP contribution in [0.2, 0.25) is 0 Å². The van der Waals surface area contributed by atoms with Gasteiger partial charge >= 0.3 is 0 Å². The molecule has 1 aliphatic heterocycles. The number of anilines is 1. The maximum absolute atomic E-state index is 9.58. The van der Waals surface area contributed by atoms with Crippen molar-refractivity contribution in [2.45, 2.75) is 26.8 Å². The zero-order valence-electron chi connectivity index (χ0n) is 11.6. The molecule has 0 amide bonds. The van der Waals surface area contributed by atoms with Crippen LogP contribution in [0.1, 0.15) is 18.1 Å². The van der Waals surface area contributed by atoms with E-state index >= 15 is 0 Å². The van der Waals surface area contributed by atoms with Crippen molar-refractivity contribution in [1.82, 2.24) is 5.32 Å². The second kappa shape index (κ2) is 5.72. The number of rotatable bonds is 2. The Balaban J connectivity index is 2.28. The van der Waals surface area contributed by atoms with Crippen molar-refractivity contribution in [3.8, 4) is 0 Å². The standard InChI is InChI=1S/C15H24N2O/c1-11-7-16-8-15(10-18)17(9-11)14-5-4-12(2)13(3)6-14/h4-6,11,15-16,18H,7-10H2,1-3H3. The SMILES string of the molecule is Cc1ccc(N2CC(C)CNCC2CO)cc1C.